The van der Waals surface area contributed by atoms with Crippen molar-refractivity contribution in [2.24, 2.45) is 0 Å². The minimum absolute atomic E-state index is 0.0793. The highest BCUT2D eigenvalue weighted by molar-refractivity contribution is 8.00. The van der Waals surface area contributed by atoms with Crippen molar-refractivity contribution in [2.45, 2.75) is 61.9 Å². The van der Waals surface area contributed by atoms with E-state index in [4.69, 9.17) is 0 Å². The van der Waals surface area contributed by atoms with Crippen LogP contribution < -0.4 is 5.32 Å². The van der Waals surface area contributed by atoms with Gasteiger partial charge in [0.25, 0.3) is 0 Å². The van der Waals surface area contributed by atoms with Crippen molar-refractivity contribution in [3.63, 3.8) is 0 Å². The van der Waals surface area contributed by atoms with E-state index in [1.807, 2.05) is 0 Å². The fourth-order valence-electron chi connectivity index (χ4n) is 3.85. The van der Waals surface area contributed by atoms with E-state index in [9.17, 15) is 10.1 Å². The van der Waals surface area contributed by atoms with Crippen molar-refractivity contribution in [3.05, 3.63) is 16.8 Å². The molecule has 2 aliphatic rings. The Kier molecular flexibility index (Phi) is 4.65. The zero-order valence-corrected chi connectivity index (χ0v) is 15.6. The molecule has 0 bridgehead atoms. The molecule has 1 N–H and O–H groups in total. The first-order valence-electron chi connectivity index (χ1n) is 8.81. The van der Waals surface area contributed by atoms with Gasteiger partial charge in [-0.15, -0.1) is 11.3 Å². The van der Waals surface area contributed by atoms with Crippen molar-refractivity contribution in [3.8, 4) is 6.07 Å². The van der Waals surface area contributed by atoms with E-state index >= 15 is 0 Å². The van der Waals surface area contributed by atoms with E-state index in [0.717, 1.165) is 53.8 Å². The first kappa shape index (κ1) is 16.8. The average molecular weight is 373 g/mol. The Morgan fingerprint density at radius 1 is 1.28 bits per heavy atom. The Morgan fingerprint density at radius 2 is 2.08 bits per heavy atom. The van der Waals surface area contributed by atoms with Crippen LogP contribution in [-0.2, 0) is 17.6 Å². The molecular formula is C18H20N4OS2. The van der Waals surface area contributed by atoms with Crippen molar-refractivity contribution in [2.75, 3.05) is 5.75 Å². The first-order valence-corrected chi connectivity index (χ1v) is 10.6. The van der Waals surface area contributed by atoms with Gasteiger partial charge in [-0.25, -0.2) is 9.97 Å². The minimum Gasteiger partial charge on any atom is -0.337 e. The van der Waals surface area contributed by atoms with Crippen LogP contribution in [0.25, 0.3) is 10.2 Å². The number of thioether (sulfide) groups is 1. The molecule has 0 aromatic carbocycles. The van der Waals surface area contributed by atoms with E-state index < -0.39 is 5.54 Å². The van der Waals surface area contributed by atoms with E-state index in [1.54, 1.807) is 17.7 Å². The molecule has 130 valence electrons. The van der Waals surface area contributed by atoms with E-state index in [1.165, 1.54) is 35.0 Å². The summed E-state index contributed by atoms with van der Waals surface area (Å²) in [5, 5.41) is 14.4. The number of hydrogen-bond acceptors (Lipinski definition) is 6. The Bertz CT molecular complexity index is 849. The average Bonchev–Trinajstić information content (AvgIpc) is 3.25. The van der Waals surface area contributed by atoms with Crippen LogP contribution in [0.5, 0.6) is 0 Å². The van der Waals surface area contributed by atoms with Crippen molar-refractivity contribution in [1.29, 1.82) is 5.26 Å². The third-order valence-electron chi connectivity index (χ3n) is 5.11. The SMILES string of the molecule is N#CC1(NC(=O)CSc2ncnc3sc4c(c23)CCCC4)CCCC1. The van der Waals surface area contributed by atoms with Crippen LogP contribution in [0.15, 0.2) is 11.4 Å². The lowest BCUT2D eigenvalue weighted by Gasteiger charge is -2.21. The van der Waals surface area contributed by atoms with Crippen molar-refractivity contribution < 1.29 is 4.79 Å². The van der Waals surface area contributed by atoms with E-state index in [2.05, 4.69) is 21.4 Å². The molecule has 2 aromatic rings. The molecule has 2 aromatic heterocycles. The third kappa shape index (κ3) is 3.25. The smallest absolute Gasteiger partial charge is 0.231 e. The number of nitrogens with zero attached hydrogens (tertiary/aromatic N) is 3. The molecule has 1 saturated carbocycles. The van der Waals surface area contributed by atoms with Gasteiger partial charge in [-0.05, 0) is 56.9 Å². The topological polar surface area (TPSA) is 78.7 Å². The zero-order chi connectivity index (χ0) is 17.3. The second kappa shape index (κ2) is 6.93. The Morgan fingerprint density at radius 3 is 2.88 bits per heavy atom. The molecule has 4 rings (SSSR count). The normalized spacial score (nSPS) is 18.7. The lowest BCUT2D eigenvalue weighted by Crippen LogP contribution is -2.45. The monoisotopic (exact) mass is 372 g/mol. The molecule has 1 fully saturated rings. The number of amides is 1. The number of aromatic nitrogens is 2. The summed E-state index contributed by atoms with van der Waals surface area (Å²) in [6.07, 6.45) is 9.80. The van der Waals surface area contributed by atoms with Crippen LogP contribution in [0, 0.1) is 11.3 Å². The predicted octanol–water partition coefficient (Wildman–Crippen LogP) is 3.61. The van der Waals surface area contributed by atoms with Crippen molar-refractivity contribution in [1.82, 2.24) is 15.3 Å². The second-order valence-electron chi connectivity index (χ2n) is 6.81. The van der Waals surface area contributed by atoms with Crippen LogP contribution in [0.4, 0.5) is 0 Å². The predicted molar refractivity (Wildman–Crippen MR) is 99.7 cm³/mol. The maximum atomic E-state index is 12.4. The molecule has 0 aliphatic heterocycles. The van der Waals surface area contributed by atoms with Crippen LogP contribution in [-0.4, -0.2) is 27.2 Å². The summed E-state index contributed by atoms with van der Waals surface area (Å²) in [4.78, 5) is 23.7. The summed E-state index contributed by atoms with van der Waals surface area (Å²) in [5.74, 6) is 0.212. The van der Waals surface area contributed by atoms with Gasteiger partial charge in [0.15, 0.2) is 0 Å². The molecule has 2 aliphatic carbocycles. The van der Waals surface area contributed by atoms with Crippen LogP contribution >= 0.6 is 23.1 Å². The molecule has 0 radical (unpaired) electrons. The number of thiophene rings is 1. The Balaban J connectivity index is 1.50. The number of hydrogen-bond donors (Lipinski definition) is 1. The van der Waals surface area contributed by atoms with Gasteiger partial charge >= 0.3 is 0 Å². The summed E-state index contributed by atoms with van der Waals surface area (Å²) < 4.78 is 0. The van der Waals surface area contributed by atoms with Gasteiger partial charge in [0, 0.05) is 10.3 Å². The molecule has 0 saturated heterocycles. The fourth-order valence-corrected chi connectivity index (χ4v) is 5.97. The van der Waals surface area contributed by atoms with E-state index in [0.29, 0.717) is 5.75 Å². The first-order chi connectivity index (χ1) is 12.2. The molecule has 5 nitrogen and oxygen atoms in total. The third-order valence-corrected chi connectivity index (χ3v) is 7.30. The van der Waals surface area contributed by atoms with Gasteiger partial charge in [0.2, 0.25) is 5.91 Å². The molecule has 0 atom stereocenters. The molecule has 2 heterocycles. The summed E-state index contributed by atoms with van der Waals surface area (Å²) in [6.45, 7) is 0. The highest BCUT2D eigenvalue weighted by Gasteiger charge is 2.35. The number of fused-ring (bicyclic) bond motifs is 3. The molecule has 1 amide bonds. The molecule has 7 heteroatoms. The lowest BCUT2D eigenvalue weighted by atomic mass is 9.97. The number of carbonyl (C=O) groups is 1. The molecule has 0 spiro atoms. The summed E-state index contributed by atoms with van der Waals surface area (Å²) in [5.41, 5.74) is 0.735. The lowest BCUT2D eigenvalue weighted by molar-refractivity contribution is -0.119. The van der Waals surface area contributed by atoms with E-state index in [-0.39, 0.29) is 5.91 Å². The van der Waals surface area contributed by atoms with Gasteiger partial charge in [-0.1, -0.05) is 11.8 Å². The fraction of sp³-hybridized carbons (Fsp3) is 0.556. The van der Waals surface area contributed by atoms with Crippen LogP contribution in [0.1, 0.15) is 49.0 Å². The standard InChI is InChI=1S/C18H20N4OS2/c19-10-18(7-3-4-8-18)22-14(23)9-24-16-15-12-5-1-2-6-13(12)25-17(15)21-11-20-16/h11H,1-9H2,(H,22,23). The Labute approximate surface area is 155 Å². The number of rotatable bonds is 4. The molecule has 0 unspecified atom stereocenters. The highest BCUT2D eigenvalue weighted by atomic mass is 32.2. The number of nitriles is 1. The van der Waals surface area contributed by atoms with Crippen molar-refractivity contribution >= 4 is 39.2 Å². The maximum absolute atomic E-state index is 12.4. The minimum atomic E-state index is -0.653. The zero-order valence-electron chi connectivity index (χ0n) is 14.0. The van der Waals surface area contributed by atoms with Gasteiger partial charge < -0.3 is 5.32 Å². The quantitative estimate of drug-likeness (QED) is 0.655. The number of nitrogens with one attached hydrogen (secondary N) is 1. The van der Waals surface area contributed by atoms with Crippen LogP contribution in [0.3, 0.4) is 0 Å². The maximum Gasteiger partial charge on any atom is 0.231 e. The summed E-state index contributed by atoms with van der Waals surface area (Å²) >= 11 is 3.23. The highest BCUT2D eigenvalue weighted by Crippen LogP contribution is 2.39. The van der Waals surface area contributed by atoms with Gasteiger partial charge in [-0.3, -0.25) is 4.79 Å². The van der Waals surface area contributed by atoms with Crippen LogP contribution in [0.2, 0.25) is 0 Å². The molecular weight excluding hydrogens is 352 g/mol. The van der Waals surface area contributed by atoms with Gasteiger partial charge in [-0.2, -0.15) is 5.26 Å². The molecule has 25 heavy (non-hydrogen) atoms. The summed E-state index contributed by atoms with van der Waals surface area (Å²) in [6, 6.07) is 2.31. The van der Waals surface area contributed by atoms with Gasteiger partial charge in [0.05, 0.1) is 11.8 Å². The number of carbonyl (C=O) groups excluding carboxylic acids is 1. The Hall–Kier alpha value is -1.65. The largest absolute Gasteiger partial charge is 0.337 e. The number of aryl methyl sites for hydroxylation is 2. The van der Waals surface area contributed by atoms with Gasteiger partial charge in [0.1, 0.15) is 21.7 Å². The summed E-state index contributed by atoms with van der Waals surface area (Å²) in [7, 11) is 0. The second-order valence-corrected chi connectivity index (χ2v) is 8.86.